The van der Waals surface area contributed by atoms with Gasteiger partial charge < -0.3 is 10.0 Å². The van der Waals surface area contributed by atoms with E-state index in [2.05, 4.69) is 0 Å². The van der Waals surface area contributed by atoms with Gasteiger partial charge in [0.15, 0.2) is 0 Å². The predicted octanol–water partition coefficient (Wildman–Crippen LogP) is 0.707. The molecule has 2 atom stereocenters. The maximum Gasteiger partial charge on any atom is 0.0689 e. The summed E-state index contributed by atoms with van der Waals surface area (Å²) in [6, 6.07) is 0.273. The lowest BCUT2D eigenvalue weighted by Gasteiger charge is -2.23. The summed E-state index contributed by atoms with van der Waals surface area (Å²) in [6.07, 6.45) is 0.652. The van der Waals surface area contributed by atoms with Crippen LogP contribution in [-0.4, -0.2) is 36.2 Å². The van der Waals surface area contributed by atoms with Gasteiger partial charge in [0.2, 0.25) is 0 Å². The Bertz CT molecular complexity index is 73.3. The van der Waals surface area contributed by atoms with Crippen molar-refractivity contribution in [2.24, 2.45) is 0 Å². The zero-order valence-corrected chi connectivity index (χ0v) is 6.76. The first-order valence-corrected chi connectivity index (χ1v) is 3.44. The zero-order valence-electron chi connectivity index (χ0n) is 6.76. The molecule has 0 fully saturated rings. The first-order valence-electron chi connectivity index (χ1n) is 3.44. The smallest absolute Gasteiger partial charge is 0.0689 e. The molecule has 0 aromatic carbocycles. The Labute approximate surface area is 57.5 Å². The van der Waals surface area contributed by atoms with Crippen LogP contribution in [0, 0.1) is 0 Å². The predicted molar refractivity (Wildman–Crippen MR) is 39.4 cm³/mol. The second-order valence-electron chi connectivity index (χ2n) is 2.68. The number of nitrogens with zero attached hydrogens (tertiary/aromatic N) is 1. The molecule has 0 radical (unpaired) electrons. The van der Waals surface area contributed by atoms with Crippen LogP contribution in [0.1, 0.15) is 20.3 Å². The molecule has 0 unspecified atom stereocenters. The van der Waals surface area contributed by atoms with Crippen LogP contribution < -0.4 is 0 Å². The monoisotopic (exact) mass is 131 g/mol. The summed E-state index contributed by atoms with van der Waals surface area (Å²) in [7, 11) is 3.95. The summed E-state index contributed by atoms with van der Waals surface area (Å²) < 4.78 is 0. The lowest BCUT2D eigenvalue weighted by atomic mass is 10.1. The van der Waals surface area contributed by atoms with Crippen LogP contribution in [0.5, 0.6) is 0 Å². The van der Waals surface area contributed by atoms with Crippen LogP contribution in [0.2, 0.25) is 0 Å². The van der Waals surface area contributed by atoms with Crippen molar-refractivity contribution in [1.29, 1.82) is 0 Å². The molecule has 0 aromatic rings. The van der Waals surface area contributed by atoms with Crippen molar-refractivity contribution < 1.29 is 5.11 Å². The van der Waals surface area contributed by atoms with Crippen LogP contribution in [0.25, 0.3) is 0 Å². The summed E-state index contributed by atoms with van der Waals surface area (Å²) in [5.74, 6) is 0. The van der Waals surface area contributed by atoms with Gasteiger partial charge in [0.1, 0.15) is 0 Å². The molecule has 9 heavy (non-hydrogen) atoms. The third-order valence-corrected chi connectivity index (χ3v) is 1.79. The Kier molecular flexibility index (Phi) is 3.82. The van der Waals surface area contributed by atoms with Gasteiger partial charge in [-0.15, -0.1) is 0 Å². The molecular weight excluding hydrogens is 114 g/mol. The largest absolute Gasteiger partial charge is 0.392 e. The highest BCUT2D eigenvalue weighted by molar-refractivity contribution is 4.67. The third-order valence-electron chi connectivity index (χ3n) is 1.79. The van der Waals surface area contributed by atoms with Gasteiger partial charge in [0.25, 0.3) is 0 Å². The van der Waals surface area contributed by atoms with Crippen molar-refractivity contribution in [2.45, 2.75) is 32.4 Å². The SMILES string of the molecule is CC[C@H](O)[C@@H](C)N(C)C. The topological polar surface area (TPSA) is 23.5 Å². The van der Waals surface area contributed by atoms with Crippen molar-refractivity contribution in [3.8, 4) is 0 Å². The van der Waals surface area contributed by atoms with Crippen LogP contribution >= 0.6 is 0 Å². The standard InChI is InChI=1S/C7H17NO/c1-5-7(9)6(2)8(3)4/h6-7,9H,5H2,1-4H3/t6-,7+/m1/s1. The van der Waals surface area contributed by atoms with Crippen molar-refractivity contribution in [1.82, 2.24) is 4.90 Å². The second kappa shape index (κ2) is 3.85. The molecule has 0 aliphatic heterocycles. The van der Waals surface area contributed by atoms with Crippen LogP contribution in [0.3, 0.4) is 0 Å². The van der Waals surface area contributed by atoms with E-state index in [9.17, 15) is 5.11 Å². The Morgan fingerprint density at radius 1 is 1.44 bits per heavy atom. The fourth-order valence-electron chi connectivity index (χ4n) is 0.685. The number of rotatable bonds is 3. The molecule has 0 spiro atoms. The van der Waals surface area contributed by atoms with E-state index in [4.69, 9.17) is 0 Å². The Morgan fingerprint density at radius 2 is 1.89 bits per heavy atom. The van der Waals surface area contributed by atoms with E-state index >= 15 is 0 Å². The van der Waals surface area contributed by atoms with E-state index < -0.39 is 0 Å². The molecule has 2 heteroatoms. The van der Waals surface area contributed by atoms with Crippen molar-refractivity contribution in [3.63, 3.8) is 0 Å². The van der Waals surface area contributed by atoms with Gasteiger partial charge in [0, 0.05) is 6.04 Å². The van der Waals surface area contributed by atoms with Gasteiger partial charge >= 0.3 is 0 Å². The summed E-state index contributed by atoms with van der Waals surface area (Å²) >= 11 is 0. The van der Waals surface area contributed by atoms with Crippen LogP contribution in [0.4, 0.5) is 0 Å². The van der Waals surface area contributed by atoms with E-state index in [1.54, 1.807) is 0 Å². The number of aliphatic hydroxyl groups excluding tert-OH is 1. The molecule has 0 saturated heterocycles. The number of likely N-dealkylation sites (N-methyl/N-ethyl adjacent to an activating group) is 1. The summed E-state index contributed by atoms with van der Waals surface area (Å²) in [4.78, 5) is 2.02. The highest BCUT2D eigenvalue weighted by atomic mass is 16.3. The van der Waals surface area contributed by atoms with Gasteiger partial charge in [-0.25, -0.2) is 0 Å². The minimum Gasteiger partial charge on any atom is -0.392 e. The number of aliphatic hydroxyl groups is 1. The number of hydrogen-bond donors (Lipinski definition) is 1. The summed E-state index contributed by atoms with van der Waals surface area (Å²) in [5.41, 5.74) is 0. The molecule has 0 rings (SSSR count). The minimum atomic E-state index is -0.181. The van der Waals surface area contributed by atoms with Crippen LogP contribution in [0.15, 0.2) is 0 Å². The zero-order chi connectivity index (χ0) is 7.44. The molecule has 0 heterocycles. The molecule has 0 aliphatic rings. The van der Waals surface area contributed by atoms with Gasteiger partial charge in [-0.2, -0.15) is 0 Å². The first-order chi connectivity index (χ1) is 4.09. The van der Waals surface area contributed by atoms with Crippen LogP contribution in [-0.2, 0) is 0 Å². The van der Waals surface area contributed by atoms with Gasteiger partial charge in [-0.3, -0.25) is 0 Å². The fraction of sp³-hybridized carbons (Fsp3) is 1.00. The summed E-state index contributed by atoms with van der Waals surface area (Å²) in [6.45, 7) is 4.01. The quantitative estimate of drug-likeness (QED) is 0.609. The molecule has 0 aliphatic carbocycles. The molecule has 0 amide bonds. The van der Waals surface area contributed by atoms with Gasteiger partial charge in [-0.1, -0.05) is 6.92 Å². The van der Waals surface area contributed by atoms with Crippen molar-refractivity contribution in [2.75, 3.05) is 14.1 Å². The Hall–Kier alpha value is -0.0800. The maximum absolute atomic E-state index is 9.26. The van der Waals surface area contributed by atoms with E-state index in [1.807, 2.05) is 32.8 Å². The maximum atomic E-state index is 9.26. The molecule has 56 valence electrons. The lowest BCUT2D eigenvalue weighted by molar-refractivity contribution is 0.0828. The molecule has 0 saturated carbocycles. The van der Waals surface area contributed by atoms with E-state index in [0.717, 1.165) is 6.42 Å². The highest BCUT2D eigenvalue weighted by Gasteiger charge is 2.12. The lowest BCUT2D eigenvalue weighted by Crippen LogP contribution is -2.35. The van der Waals surface area contributed by atoms with Gasteiger partial charge in [-0.05, 0) is 27.4 Å². The van der Waals surface area contributed by atoms with Crippen molar-refractivity contribution in [3.05, 3.63) is 0 Å². The number of hydrogen-bond acceptors (Lipinski definition) is 2. The molecule has 0 aromatic heterocycles. The van der Waals surface area contributed by atoms with E-state index in [0.29, 0.717) is 0 Å². The average molecular weight is 131 g/mol. The van der Waals surface area contributed by atoms with E-state index in [-0.39, 0.29) is 12.1 Å². The normalized spacial score (nSPS) is 18.0. The third kappa shape index (κ3) is 2.82. The molecular formula is C7H17NO. The van der Waals surface area contributed by atoms with Crippen molar-refractivity contribution >= 4 is 0 Å². The average Bonchev–Trinajstić information content (AvgIpc) is 1.84. The Morgan fingerprint density at radius 3 is 2.00 bits per heavy atom. The van der Waals surface area contributed by atoms with E-state index in [1.165, 1.54) is 0 Å². The fourth-order valence-corrected chi connectivity index (χ4v) is 0.685. The molecule has 2 nitrogen and oxygen atoms in total. The first kappa shape index (κ1) is 8.92. The van der Waals surface area contributed by atoms with Gasteiger partial charge in [0.05, 0.1) is 6.10 Å². The second-order valence-corrected chi connectivity index (χ2v) is 2.68. The molecule has 1 N–H and O–H groups in total. The highest BCUT2D eigenvalue weighted by Crippen LogP contribution is 2.01. The Balaban J connectivity index is 3.58. The minimum absolute atomic E-state index is 0.181. The molecule has 0 bridgehead atoms. The summed E-state index contributed by atoms with van der Waals surface area (Å²) in [5, 5.41) is 9.26.